The van der Waals surface area contributed by atoms with Crippen molar-refractivity contribution >= 4 is 23.1 Å². The maximum Gasteiger partial charge on any atom is 0.323 e. The van der Waals surface area contributed by atoms with Crippen LogP contribution in [-0.2, 0) is 17.8 Å². The quantitative estimate of drug-likeness (QED) is 0.278. The van der Waals surface area contributed by atoms with Gasteiger partial charge >= 0.3 is 5.97 Å². The molecule has 0 aliphatic rings. The Morgan fingerprint density at radius 1 is 0.944 bits per heavy atom. The van der Waals surface area contributed by atoms with Gasteiger partial charge in [-0.3, -0.25) is 4.79 Å². The summed E-state index contributed by atoms with van der Waals surface area (Å²) in [7, 11) is 0. The number of hydrogen-bond acceptors (Lipinski definition) is 7. The third-order valence-electron chi connectivity index (χ3n) is 5.70. The molecule has 0 amide bonds. The highest BCUT2D eigenvalue weighted by atomic mass is 16.5. The van der Waals surface area contributed by atoms with Gasteiger partial charge in [-0.15, -0.1) is 0 Å². The number of carboxylic acids is 1. The van der Waals surface area contributed by atoms with Crippen LogP contribution >= 0.6 is 0 Å². The minimum absolute atomic E-state index is 0.229. The summed E-state index contributed by atoms with van der Waals surface area (Å²) in [5, 5.41) is 9.38. The van der Waals surface area contributed by atoms with Gasteiger partial charge < -0.3 is 23.6 Å². The van der Waals surface area contributed by atoms with Crippen LogP contribution in [0.1, 0.15) is 17.0 Å². The molecule has 8 nitrogen and oxygen atoms in total. The molecule has 0 bridgehead atoms. The van der Waals surface area contributed by atoms with Crippen LogP contribution in [0.5, 0.6) is 5.75 Å². The molecule has 36 heavy (non-hydrogen) atoms. The standard InChI is InChI=1S/C28H25N3O5/c1-19-23(29-27(35-19)21-7-3-2-4-8-21)15-16-34-22-13-11-20(12-14-22)17-31(18-26(32)33)28-30-24-9-5-6-10-25(24)36-28/h2-14H,15-18H2,1H3,(H,32,33). The predicted molar refractivity (Wildman–Crippen MR) is 135 cm³/mol. The van der Waals surface area contributed by atoms with E-state index in [1.165, 1.54) is 0 Å². The summed E-state index contributed by atoms with van der Waals surface area (Å²) >= 11 is 0. The fourth-order valence-electron chi connectivity index (χ4n) is 3.89. The van der Waals surface area contributed by atoms with Crippen molar-refractivity contribution in [1.29, 1.82) is 0 Å². The Balaban J connectivity index is 1.20. The maximum absolute atomic E-state index is 11.4. The van der Waals surface area contributed by atoms with E-state index in [-0.39, 0.29) is 12.6 Å². The monoisotopic (exact) mass is 483 g/mol. The molecule has 0 aliphatic heterocycles. The third kappa shape index (κ3) is 5.38. The molecule has 1 N–H and O–H groups in total. The van der Waals surface area contributed by atoms with Crippen molar-refractivity contribution in [3.63, 3.8) is 0 Å². The van der Waals surface area contributed by atoms with Crippen molar-refractivity contribution in [2.75, 3.05) is 18.1 Å². The van der Waals surface area contributed by atoms with Crippen LogP contribution < -0.4 is 9.64 Å². The molecule has 0 unspecified atom stereocenters. The normalized spacial score (nSPS) is 11.0. The Hall–Kier alpha value is -4.59. The van der Waals surface area contributed by atoms with Crippen LogP contribution in [0.3, 0.4) is 0 Å². The molecule has 0 saturated carbocycles. The number of oxazole rings is 2. The highest BCUT2D eigenvalue weighted by Gasteiger charge is 2.18. The third-order valence-corrected chi connectivity index (χ3v) is 5.70. The molecule has 8 heteroatoms. The molecule has 0 aliphatic carbocycles. The van der Waals surface area contributed by atoms with E-state index >= 15 is 0 Å². The van der Waals surface area contributed by atoms with Crippen LogP contribution in [0, 0.1) is 6.92 Å². The Kier molecular flexibility index (Phi) is 6.66. The first-order valence-corrected chi connectivity index (χ1v) is 11.6. The average molecular weight is 484 g/mol. The minimum atomic E-state index is -0.962. The number of hydrogen-bond donors (Lipinski definition) is 1. The fourth-order valence-corrected chi connectivity index (χ4v) is 3.89. The SMILES string of the molecule is Cc1oc(-c2ccccc2)nc1CCOc1ccc(CN(CC(=O)O)c2nc3ccccc3o2)cc1. The number of ether oxygens (including phenoxy) is 1. The first kappa shape index (κ1) is 23.2. The first-order valence-electron chi connectivity index (χ1n) is 11.6. The molecule has 5 rings (SSSR count). The van der Waals surface area contributed by atoms with Gasteiger partial charge in [-0.25, -0.2) is 4.98 Å². The number of rotatable bonds is 10. The fraction of sp³-hybridized carbons (Fsp3) is 0.179. The molecule has 182 valence electrons. The second-order valence-corrected chi connectivity index (χ2v) is 8.34. The zero-order chi connectivity index (χ0) is 24.9. The smallest absolute Gasteiger partial charge is 0.323 e. The summed E-state index contributed by atoms with van der Waals surface area (Å²) in [6, 6.07) is 25.0. The molecular formula is C28H25N3O5. The molecule has 0 fully saturated rings. The predicted octanol–water partition coefficient (Wildman–Crippen LogP) is 5.50. The maximum atomic E-state index is 11.4. The van der Waals surface area contributed by atoms with Gasteiger partial charge in [-0.1, -0.05) is 42.5 Å². The van der Waals surface area contributed by atoms with Gasteiger partial charge in [-0.05, 0) is 48.9 Å². The van der Waals surface area contributed by atoms with Crippen LogP contribution in [0.2, 0.25) is 0 Å². The van der Waals surface area contributed by atoms with Crippen molar-refractivity contribution in [2.24, 2.45) is 0 Å². The zero-order valence-electron chi connectivity index (χ0n) is 19.8. The molecule has 0 spiro atoms. The number of carbonyl (C=O) groups is 1. The van der Waals surface area contributed by atoms with E-state index < -0.39 is 5.97 Å². The van der Waals surface area contributed by atoms with Crippen molar-refractivity contribution in [3.05, 3.63) is 95.9 Å². The van der Waals surface area contributed by atoms with Crippen LogP contribution in [0.4, 0.5) is 6.01 Å². The van der Waals surface area contributed by atoms with Crippen molar-refractivity contribution in [3.8, 4) is 17.2 Å². The molecule has 3 aromatic carbocycles. The number of carboxylic acid groups (broad SMARTS) is 1. The Morgan fingerprint density at radius 2 is 1.69 bits per heavy atom. The van der Waals surface area contributed by atoms with E-state index in [1.807, 2.05) is 79.7 Å². The lowest BCUT2D eigenvalue weighted by atomic mass is 10.2. The van der Waals surface area contributed by atoms with E-state index in [4.69, 9.17) is 13.6 Å². The van der Waals surface area contributed by atoms with Gasteiger partial charge in [0.25, 0.3) is 6.01 Å². The van der Waals surface area contributed by atoms with Crippen molar-refractivity contribution in [1.82, 2.24) is 9.97 Å². The number of aromatic nitrogens is 2. The number of aliphatic carboxylic acids is 1. The van der Waals surface area contributed by atoms with Gasteiger partial charge in [0.2, 0.25) is 5.89 Å². The highest BCUT2D eigenvalue weighted by Crippen LogP contribution is 2.24. The Bertz CT molecular complexity index is 1420. The van der Waals surface area contributed by atoms with Crippen LogP contribution in [-0.4, -0.2) is 34.2 Å². The van der Waals surface area contributed by atoms with E-state index in [1.54, 1.807) is 11.0 Å². The van der Waals surface area contributed by atoms with Crippen LogP contribution in [0.15, 0.2) is 87.7 Å². The summed E-state index contributed by atoms with van der Waals surface area (Å²) < 4.78 is 17.5. The number of fused-ring (bicyclic) bond motifs is 1. The lowest BCUT2D eigenvalue weighted by Crippen LogP contribution is -2.29. The highest BCUT2D eigenvalue weighted by molar-refractivity contribution is 5.76. The molecule has 0 saturated heterocycles. The number of benzene rings is 3. The van der Waals surface area contributed by atoms with E-state index in [0.717, 1.165) is 28.3 Å². The largest absolute Gasteiger partial charge is 0.493 e. The van der Waals surface area contributed by atoms with E-state index in [0.29, 0.717) is 36.6 Å². The molecule has 0 radical (unpaired) electrons. The van der Waals surface area contributed by atoms with E-state index in [9.17, 15) is 9.90 Å². The molecule has 0 atom stereocenters. The number of aryl methyl sites for hydroxylation is 1. The summed E-state index contributed by atoms with van der Waals surface area (Å²) in [6.07, 6.45) is 0.619. The van der Waals surface area contributed by atoms with Gasteiger partial charge in [0, 0.05) is 18.5 Å². The number of nitrogens with zero attached hydrogens (tertiary/aromatic N) is 3. The lowest BCUT2D eigenvalue weighted by molar-refractivity contribution is -0.135. The Morgan fingerprint density at radius 3 is 2.44 bits per heavy atom. The lowest BCUT2D eigenvalue weighted by Gasteiger charge is -2.18. The van der Waals surface area contributed by atoms with Gasteiger partial charge in [0.15, 0.2) is 5.58 Å². The molecule has 2 heterocycles. The summed E-state index contributed by atoms with van der Waals surface area (Å²) in [6.45, 7) is 2.46. The number of anilines is 1. The van der Waals surface area contributed by atoms with Crippen molar-refractivity contribution < 1.29 is 23.5 Å². The minimum Gasteiger partial charge on any atom is -0.493 e. The zero-order valence-corrected chi connectivity index (χ0v) is 19.8. The van der Waals surface area contributed by atoms with E-state index in [2.05, 4.69) is 9.97 Å². The van der Waals surface area contributed by atoms with Crippen LogP contribution in [0.25, 0.3) is 22.6 Å². The summed E-state index contributed by atoms with van der Waals surface area (Å²) in [4.78, 5) is 22.1. The van der Waals surface area contributed by atoms with Gasteiger partial charge in [0.1, 0.15) is 23.6 Å². The summed E-state index contributed by atoms with van der Waals surface area (Å²) in [5.41, 5.74) is 4.02. The average Bonchev–Trinajstić information content (AvgIpc) is 3.48. The second kappa shape index (κ2) is 10.4. The van der Waals surface area contributed by atoms with Crippen molar-refractivity contribution in [2.45, 2.75) is 19.9 Å². The van der Waals surface area contributed by atoms with Gasteiger partial charge in [-0.2, -0.15) is 4.98 Å². The topological polar surface area (TPSA) is 102 Å². The Labute approximate surface area is 207 Å². The molecule has 5 aromatic rings. The van der Waals surface area contributed by atoms with Gasteiger partial charge in [0.05, 0.1) is 12.3 Å². The molecular weight excluding hydrogens is 458 g/mol. The second-order valence-electron chi connectivity index (χ2n) is 8.34. The molecule has 2 aromatic heterocycles. The number of para-hydroxylation sites is 2. The first-order chi connectivity index (χ1) is 17.5. The summed E-state index contributed by atoms with van der Waals surface area (Å²) in [5.74, 6) is 1.15.